The van der Waals surface area contributed by atoms with Gasteiger partial charge in [-0.15, -0.1) is 11.3 Å². The molecular formula is C22H23N7OS. The van der Waals surface area contributed by atoms with E-state index in [2.05, 4.69) is 47.9 Å². The maximum absolute atomic E-state index is 9.22. The highest BCUT2D eigenvalue weighted by Gasteiger charge is 2.28. The van der Waals surface area contributed by atoms with Crippen LogP contribution in [0.4, 0.5) is 11.5 Å². The lowest BCUT2D eigenvalue weighted by Crippen LogP contribution is -2.39. The maximum Gasteiger partial charge on any atom is 0.206 e. The van der Waals surface area contributed by atoms with Crippen LogP contribution in [0.1, 0.15) is 17.8 Å². The molecule has 8 nitrogen and oxygen atoms in total. The zero-order chi connectivity index (χ0) is 21.0. The molecule has 0 bridgehead atoms. The minimum atomic E-state index is 0.150. The summed E-state index contributed by atoms with van der Waals surface area (Å²) in [6.45, 7) is 4.99. The number of piperidine rings is 1. The lowest BCUT2D eigenvalue weighted by atomic mass is 9.93. The molecule has 2 aliphatic heterocycles. The Balaban J connectivity index is 1.43. The van der Waals surface area contributed by atoms with Crippen LogP contribution < -0.4 is 9.80 Å². The molecule has 0 amide bonds. The van der Waals surface area contributed by atoms with Crippen molar-refractivity contribution in [3.63, 3.8) is 0 Å². The lowest BCUT2D eigenvalue weighted by molar-refractivity contribution is 0.122. The van der Waals surface area contributed by atoms with Gasteiger partial charge in [-0.3, -0.25) is 0 Å². The number of anilines is 2. The number of morpholine rings is 1. The van der Waals surface area contributed by atoms with Crippen LogP contribution in [-0.4, -0.2) is 60.1 Å². The minimum Gasteiger partial charge on any atom is -0.378 e. The SMILES string of the molecule is N#CN=C(c1nccs1)C1CCCN(c2ncnc3cc(N4CCOCC4)ccc23)C1. The van der Waals surface area contributed by atoms with E-state index in [1.165, 1.54) is 17.0 Å². The number of aromatic nitrogens is 3. The van der Waals surface area contributed by atoms with Crippen molar-refractivity contribution in [3.8, 4) is 6.19 Å². The van der Waals surface area contributed by atoms with E-state index in [9.17, 15) is 5.26 Å². The fourth-order valence-corrected chi connectivity index (χ4v) is 5.12. The molecule has 2 saturated heterocycles. The Hall–Kier alpha value is -3.09. The Labute approximate surface area is 184 Å². The Morgan fingerprint density at radius 1 is 1.16 bits per heavy atom. The molecule has 1 unspecified atom stereocenters. The first-order valence-corrected chi connectivity index (χ1v) is 11.4. The summed E-state index contributed by atoms with van der Waals surface area (Å²) < 4.78 is 5.47. The predicted molar refractivity (Wildman–Crippen MR) is 122 cm³/mol. The van der Waals surface area contributed by atoms with Gasteiger partial charge in [-0.05, 0) is 31.0 Å². The number of hydrogen-bond acceptors (Lipinski definition) is 9. The van der Waals surface area contributed by atoms with E-state index < -0.39 is 0 Å². The van der Waals surface area contributed by atoms with Crippen molar-refractivity contribution in [1.29, 1.82) is 5.26 Å². The van der Waals surface area contributed by atoms with Crippen molar-refractivity contribution >= 4 is 39.5 Å². The zero-order valence-corrected chi connectivity index (χ0v) is 18.0. The molecule has 4 heterocycles. The van der Waals surface area contributed by atoms with E-state index in [0.717, 1.165) is 79.7 Å². The van der Waals surface area contributed by atoms with Crippen molar-refractivity contribution in [1.82, 2.24) is 15.0 Å². The van der Waals surface area contributed by atoms with Crippen LogP contribution in [0.25, 0.3) is 10.9 Å². The fourth-order valence-electron chi connectivity index (χ4n) is 4.41. The number of hydrogen-bond donors (Lipinski definition) is 0. The van der Waals surface area contributed by atoms with Gasteiger partial charge in [0.05, 0.1) is 24.4 Å². The Kier molecular flexibility index (Phi) is 5.74. The van der Waals surface area contributed by atoms with Gasteiger partial charge in [-0.25, -0.2) is 15.0 Å². The van der Waals surface area contributed by atoms with E-state index in [-0.39, 0.29) is 5.92 Å². The molecule has 31 heavy (non-hydrogen) atoms. The molecule has 2 aliphatic rings. The van der Waals surface area contributed by atoms with Gasteiger partial charge in [-0.2, -0.15) is 10.3 Å². The molecule has 9 heteroatoms. The van der Waals surface area contributed by atoms with Crippen molar-refractivity contribution < 1.29 is 4.74 Å². The summed E-state index contributed by atoms with van der Waals surface area (Å²) in [6, 6.07) is 6.43. The first kappa shape index (κ1) is 19.8. The van der Waals surface area contributed by atoms with Gasteiger partial charge in [0.25, 0.3) is 0 Å². The Morgan fingerprint density at radius 2 is 2.06 bits per heavy atom. The molecule has 2 fully saturated rings. The van der Waals surface area contributed by atoms with Crippen molar-refractivity contribution in [2.75, 3.05) is 49.2 Å². The molecule has 1 atom stereocenters. The highest BCUT2D eigenvalue weighted by Crippen LogP contribution is 2.31. The molecule has 1 aromatic carbocycles. The minimum absolute atomic E-state index is 0.150. The Morgan fingerprint density at radius 3 is 2.87 bits per heavy atom. The number of ether oxygens (including phenoxy) is 1. The first-order chi connectivity index (χ1) is 15.3. The van der Waals surface area contributed by atoms with Gasteiger partial charge in [-0.1, -0.05) is 0 Å². The summed E-state index contributed by atoms with van der Waals surface area (Å²) in [5.74, 6) is 1.09. The molecule has 158 valence electrons. The molecule has 0 saturated carbocycles. The highest BCUT2D eigenvalue weighted by molar-refractivity contribution is 7.11. The number of aliphatic imine (C=N–C) groups is 1. The number of benzene rings is 1. The van der Waals surface area contributed by atoms with Crippen LogP contribution in [0.15, 0.2) is 41.1 Å². The topological polar surface area (TPSA) is 90.5 Å². The van der Waals surface area contributed by atoms with E-state index in [4.69, 9.17) is 4.74 Å². The number of nitriles is 1. The lowest BCUT2D eigenvalue weighted by Gasteiger charge is -2.34. The van der Waals surface area contributed by atoms with Crippen molar-refractivity contribution in [2.45, 2.75) is 12.8 Å². The second kappa shape index (κ2) is 8.96. The van der Waals surface area contributed by atoms with Crippen LogP contribution in [0.3, 0.4) is 0 Å². The highest BCUT2D eigenvalue weighted by atomic mass is 32.1. The second-order valence-corrected chi connectivity index (χ2v) is 8.61. The summed E-state index contributed by atoms with van der Waals surface area (Å²) in [5, 5.41) is 13.0. The standard InChI is InChI=1S/C22H23N7OS/c23-14-25-20(22-24-5-11-31-22)16-2-1-6-29(13-16)21-18-4-3-17(12-19(18)26-15-27-21)28-7-9-30-10-8-28/h3-5,11-12,15-16H,1-2,6-10,13H2. The third-order valence-corrected chi connectivity index (χ3v) is 6.70. The summed E-state index contributed by atoms with van der Waals surface area (Å²) in [7, 11) is 0. The van der Waals surface area contributed by atoms with E-state index >= 15 is 0 Å². The molecule has 0 spiro atoms. The molecule has 0 aliphatic carbocycles. The first-order valence-electron chi connectivity index (χ1n) is 10.5. The summed E-state index contributed by atoms with van der Waals surface area (Å²) >= 11 is 1.53. The maximum atomic E-state index is 9.22. The van der Waals surface area contributed by atoms with Crippen LogP contribution in [0.5, 0.6) is 0 Å². The average Bonchev–Trinajstić information content (AvgIpc) is 3.37. The van der Waals surface area contributed by atoms with E-state index in [1.807, 2.05) is 11.6 Å². The number of fused-ring (bicyclic) bond motifs is 1. The quantitative estimate of drug-likeness (QED) is 0.461. The molecule has 2 aromatic heterocycles. The van der Waals surface area contributed by atoms with Gasteiger partial charge < -0.3 is 14.5 Å². The van der Waals surface area contributed by atoms with Crippen molar-refractivity contribution in [2.24, 2.45) is 10.9 Å². The zero-order valence-electron chi connectivity index (χ0n) is 17.1. The third kappa shape index (κ3) is 4.09. The van der Waals surface area contributed by atoms with E-state index in [0.29, 0.717) is 0 Å². The molecule has 0 radical (unpaired) electrons. The van der Waals surface area contributed by atoms with Crippen LogP contribution in [0.2, 0.25) is 0 Å². The van der Waals surface area contributed by atoms with Gasteiger partial charge in [0, 0.05) is 54.7 Å². The molecular weight excluding hydrogens is 410 g/mol. The molecule has 3 aromatic rings. The summed E-state index contributed by atoms with van der Waals surface area (Å²) in [4.78, 5) is 22.3. The van der Waals surface area contributed by atoms with E-state index in [1.54, 1.807) is 12.5 Å². The van der Waals surface area contributed by atoms with Gasteiger partial charge in [0.1, 0.15) is 17.2 Å². The van der Waals surface area contributed by atoms with Gasteiger partial charge >= 0.3 is 0 Å². The normalized spacial score (nSPS) is 20.1. The predicted octanol–water partition coefficient (Wildman–Crippen LogP) is 3.11. The Bertz CT molecular complexity index is 1120. The third-order valence-electron chi connectivity index (χ3n) is 5.90. The largest absolute Gasteiger partial charge is 0.378 e. The smallest absolute Gasteiger partial charge is 0.206 e. The molecule has 5 rings (SSSR count). The van der Waals surface area contributed by atoms with Gasteiger partial charge in [0.2, 0.25) is 6.19 Å². The summed E-state index contributed by atoms with van der Waals surface area (Å²) in [6.07, 6.45) is 7.38. The van der Waals surface area contributed by atoms with Crippen LogP contribution in [-0.2, 0) is 4.74 Å². The average molecular weight is 434 g/mol. The monoisotopic (exact) mass is 433 g/mol. The van der Waals surface area contributed by atoms with Crippen LogP contribution >= 0.6 is 11.3 Å². The van der Waals surface area contributed by atoms with Crippen molar-refractivity contribution in [3.05, 3.63) is 41.1 Å². The fraction of sp³-hybridized carbons (Fsp3) is 0.409. The van der Waals surface area contributed by atoms with Gasteiger partial charge in [0.15, 0.2) is 0 Å². The number of thiazole rings is 1. The second-order valence-electron chi connectivity index (χ2n) is 7.72. The summed E-state index contributed by atoms with van der Waals surface area (Å²) in [5.41, 5.74) is 2.90. The number of rotatable bonds is 4. The number of nitrogens with zero attached hydrogens (tertiary/aromatic N) is 7. The van der Waals surface area contributed by atoms with Crippen LogP contribution in [0, 0.1) is 17.4 Å². The molecule has 0 N–H and O–H groups in total.